The van der Waals surface area contributed by atoms with Crippen LogP contribution in [0.3, 0.4) is 0 Å². The van der Waals surface area contributed by atoms with Crippen molar-refractivity contribution in [1.82, 2.24) is 24.8 Å². The average molecular weight is 441 g/mol. The minimum absolute atomic E-state index is 0.136. The molecule has 4 heterocycles. The first kappa shape index (κ1) is 20.8. The standard InChI is InChI=1S/C25H23N5O3/c31-23(30-9-11-33-12-10-30)13-18-3-1-17(2-4-18)5-6-20-14-19(7-8-26-20)22-15-21-24(29-22)27-16-28-25(21)32/h1-8,14-16H,9-13H2,(H2,27,28,29,32). The summed E-state index contributed by atoms with van der Waals surface area (Å²) in [6.45, 7) is 2.55. The van der Waals surface area contributed by atoms with Gasteiger partial charge >= 0.3 is 0 Å². The number of hydrogen-bond donors (Lipinski definition) is 2. The summed E-state index contributed by atoms with van der Waals surface area (Å²) in [5.74, 6) is 0.136. The number of morpholine rings is 1. The normalized spacial score (nSPS) is 14.2. The Kier molecular flexibility index (Phi) is 5.82. The van der Waals surface area contributed by atoms with Gasteiger partial charge < -0.3 is 19.6 Å². The Morgan fingerprint density at radius 3 is 2.67 bits per heavy atom. The highest BCUT2D eigenvalue weighted by Crippen LogP contribution is 2.22. The summed E-state index contributed by atoms with van der Waals surface area (Å²) >= 11 is 0. The molecule has 0 atom stereocenters. The van der Waals surface area contributed by atoms with E-state index in [0.717, 1.165) is 28.1 Å². The molecule has 1 aliphatic heterocycles. The molecule has 0 saturated carbocycles. The number of aromatic nitrogens is 4. The van der Waals surface area contributed by atoms with Crippen molar-refractivity contribution in [2.24, 2.45) is 0 Å². The summed E-state index contributed by atoms with van der Waals surface area (Å²) in [7, 11) is 0. The number of aromatic amines is 2. The van der Waals surface area contributed by atoms with Gasteiger partial charge in [0.25, 0.3) is 5.56 Å². The van der Waals surface area contributed by atoms with E-state index in [-0.39, 0.29) is 11.5 Å². The van der Waals surface area contributed by atoms with Gasteiger partial charge in [-0.15, -0.1) is 0 Å². The highest BCUT2D eigenvalue weighted by molar-refractivity contribution is 5.82. The monoisotopic (exact) mass is 441 g/mol. The quantitative estimate of drug-likeness (QED) is 0.496. The van der Waals surface area contributed by atoms with E-state index in [9.17, 15) is 9.59 Å². The van der Waals surface area contributed by atoms with Crippen LogP contribution in [-0.2, 0) is 16.0 Å². The zero-order valence-electron chi connectivity index (χ0n) is 18.0. The van der Waals surface area contributed by atoms with E-state index in [0.29, 0.717) is 43.8 Å². The third-order valence-electron chi connectivity index (χ3n) is 5.67. The van der Waals surface area contributed by atoms with Gasteiger partial charge in [0.05, 0.1) is 37.0 Å². The molecule has 8 nitrogen and oxygen atoms in total. The number of nitrogens with zero attached hydrogens (tertiary/aromatic N) is 3. The third-order valence-corrected chi connectivity index (χ3v) is 5.67. The van der Waals surface area contributed by atoms with E-state index in [4.69, 9.17) is 4.74 Å². The molecular weight excluding hydrogens is 418 g/mol. The largest absolute Gasteiger partial charge is 0.378 e. The number of H-pyrrole nitrogens is 2. The SMILES string of the molecule is O=C(Cc1ccc(C=Cc2cc(-c3cc4c(=O)[nH]cnc4[nH]3)ccn2)cc1)N1CCOCC1. The lowest BCUT2D eigenvalue weighted by molar-refractivity contribution is -0.134. The summed E-state index contributed by atoms with van der Waals surface area (Å²) < 4.78 is 5.31. The Labute approximate surface area is 190 Å². The maximum atomic E-state index is 12.4. The van der Waals surface area contributed by atoms with Gasteiger partial charge in [0.2, 0.25) is 5.91 Å². The summed E-state index contributed by atoms with van der Waals surface area (Å²) in [5, 5.41) is 0.522. The number of hydrogen-bond acceptors (Lipinski definition) is 5. The Balaban J connectivity index is 1.27. The van der Waals surface area contributed by atoms with Gasteiger partial charge in [0.1, 0.15) is 5.65 Å². The van der Waals surface area contributed by atoms with E-state index in [2.05, 4.69) is 19.9 Å². The molecule has 0 unspecified atom stereocenters. The van der Waals surface area contributed by atoms with Gasteiger partial charge in [-0.05, 0) is 35.4 Å². The second-order valence-electron chi connectivity index (χ2n) is 7.89. The second-order valence-corrected chi connectivity index (χ2v) is 7.89. The Morgan fingerprint density at radius 2 is 1.88 bits per heavy atom. The van der Waals surface area contributed by atoms with Crippen molar-refractivity contribution in [3.8, 4) is 11.3 Å². The lowest BCUT2D eigenvalue weighted by atomic mass is 10.1. The fourth-order valence-electron chi connectivity index (χ4n) is 3.84. The number of rotatable bonds is 5. The van der Waals surface area contributed by atoms with Crippen molar-refractivity contribution in [1.29, 1.82) is 0 Å². The minimum Gasteiger partial charge on any atom is -0.378 e. The maximum absolute atomic E-state index is 12.4. The van der Waals surface area contributed by atoms with Crippen LogP contribution in [0.2, 0.25) is 0 Å². The molecule has 1 aliphatic rings. The van der Waals surface area contributed by atoms with Crippen molar-refractivity contribution < 1.29 is 9.53 Å². The summed E-state index contributed by atoms with van der Waals surface area (Å²) in [6.07, 6.45) is 7.44. The van der Waals surface area contributed by atoms with Crippen LogP contribution in [0.25, 0.3) is 34.4 Å². The molecule has 0 bridgehead atoms. The van der Waals surface area contributed by atoms with Gasteiger partial charge in [0, 0.05) is 30.5 Å². The zero-order valence-corrected chi connectivity index (χ0v) is 18.0. The van der Waals surface area contributed by atoms with E-state index in [1.807, 2.05) is 53.5 Å². The van der Waals surface area contributed by atoms with E-state index >= 15 is 0 Å². The fourth-order valence-corrected chi connectivity index (χ4v) is 3.84. The first-order valence-electron chi connectivity index (χ1n) is 10.8. The van der Waals surface area contributed by atoms with E-state index in [1.165, 1.54) is 6.33 Å². The fraction of sp³-hybridized carbons (Fsp3) is 0.200. The van der Waals surface area contributed by atoms with Crippen LogP contribution in [0, 0.1) is 0 Å². The minimum atomic E-state index is -0.174. The molecule has 1 amide bonds. The van der Waals surface area contributed by atoms with Crippen LogP contribution < -0.4 is 5.56 Å². The average Bonchev–Trinajstić information content (AvgIpc) is 3.30. The molecule has 0 spiro atoms. The van der Waals surface area contributed by atoms with Gasteiger partial charge in [-0.1, -0.05) is 30.3 Å². The molecule has 4 aromatic rings. The molecule has 33 heavy (non-hydrogen) atoms. The van der Waals surface area contributed by atoms with Crippen LogP contribution in [0.1, 0.15) is 16.8 Å². The van der Waals surface area contributed by atoms with Gasteiger partial charge in [-0.2, -0.15) is 0 Å². The molecule has 1 aromatic carbocycles. The highest BCUT2D eigenvalue weighted by Gasteiger charge is 2.16. The summed E-state index contributed by atoms with van der Waals surface area (Å²) in [4.78, 5) is 40.6. The Hall–Kier alpha value is -4.04. The van der Waals surface area contributed by atoms with Crippen LogP contribution >= 0.6 is 0 Å². The second kappa shape index (κ2) is 9.22. The van der Waals surface area contributed by atoms with Crippen molar-refractivity contribution in [2.75, 3.05) is 26.3 Å². The number of amides is 1. The highest BCUT2D eigenvalue weighted by atomic mass is 16.5. The van der Waals surface area contributed by atoms with E-state index in [1.54, 1.807) is 12.3 Å². The number of nitrogens with one attached hydrogen (secondary N) is 2. The van der Waals surface area contributed by atoms with E-state index < -0.39 is 0 Å². The maximum Gasteiger partial charge on any atom is 0.260 e. The number of fused-ring (bicyclic) bond motifs is 1. The molecule has 0 aliphatic carbocycles. The molecule has 1 saturated heterocycles. The first-order chi connectivity index (χ1) is 16.2. The summed E-state index contributed by atoms with van der Waals surface area (Å²) in [6, 6.07) is 13.6. The predicted octanol–water partition coefficient (Wildman–Crippen LogP) is 2.88. The zero-order chi connectivity index (χ0) is 22.6. The van der Waals surface area contributed by atoms with Gasteiger partial charge in [0.15, 0.2) is 0 Å². The number of pyridine rings is 1. The van der Waals surface area contributed by atoms with Crippen molar-refractivity contribution in [2.45, 2.75) is 6.42 Å². The van der Waals surface area contributed by atoms with Crippen molar-refractivity contribution in [3.05, 3.63) is 82.2 Å². The lowest BCUT2D eigenvalue weighted by Gasteiger charge is -2.26. The first-order valence-corrected chi connectivity index (χ1v) is 10.8. The van der Waals surface area contributed by atoms with Gasteiger partial charge in [-0.25, -0.2) is 4.98 Å². The van der Waals surface area contributed by atoms with Crippen LogP contribution in [0.4, 0.5) is 0 Å². The Morgan fingerprint density at radius 1 is 1.06 bits per heavy atom. The van der Waals surface area contributed by atoms with Crippen molar-refractivity contribution in [3.63, 3.8) is 0 Å². The van der Waals surface area contributed by atoms with Crippen LogP contribution in [0.5, 0.6) is 0 Å². The molecule has 8 heteroatoms. The summed E-state index contributed by atoms with van der Waals surface area (Å²) in [5.41, 5.74) is 4.90. The number of carbonyl (C=O) groups is 1. The Bertz CT molecular complexity index is 1360. The molecule has 166 valence electrons. The molecule has 2 N–H and O–H groups in total. The molecule has 0 radical (unpaired) electrons. The number of carbonyl (C=O) groups excluding carboxylic acids is 1. The van der Waals surface area contributed by atoms with Crippen LogP contribution in [0.15, 0.2) is 59.8 Å². The topological polar surface area (TPSA) is 104 Å². The smallest absolute Gasteiger partial charge is 0.260 e. The molecule has 3 aromatic heterocycles. The molecular formula is C25H23N5O3. The van der Waals surface area contributed by atoms with Crippen LogP contribution in [-0.4, -0.2) is 57.0 Å². The van der Waals surface area contributed by atoms with Gasteiger partial charge in [-0.3, -0.25) is 14.6 Å². The number of ether oxygens (including phenoxy) is 1. The molecule has 5 rings (SSSR count). The third kappa shape index (κ3) is 4.75. The van der Waals surface area contributed by atoms with Crippen molar-refractivity contribution >= 4 is 29.1 Å². The number of benzene rings is 1. The lowest BCUT2D eigenvalue weighted by Crippen LogP contribution is -2.41. The predicted molar refractivity (Wildman–Crippen MR) is 126 cm³/mol. The molecule has 1 fully saturated rings.